The van der Waals surface area contributed by atoms with Crippen molar-refractivity contribution >= 4 is 71.2 Å². The van der Waals surface area contributed by atoms with Crippen LogP contribution in [-0.4, -0.2) is 17.2 Å². The maximum Gasteiger partial charge on any atom is 0.0541 e. The number of hydrogen-bond donors (Lipinski definition) is 1. The molecule has 1 N–H and O–H groups in total. The Morgan fingerprint density at radius 2 is 1.03 bits per heavy atom. The minimum Gasteiger partial charge on any atom is -0.310 e. The van der Waals surface area contributed by atoms with Gasteiger partial charge in [-0.05, 0) is 156 Å². The first-order valence-electron chi connectivity index (χ1n) is 24.2. The number of rotatable bonds is 6. The fourth-order valence-electron chi connectivity index (χ4n) is 12.9. The molecule has 2 atom stereocenters. The van der Waals surface area contributed by atoms with Crippen LogP contribution in [0, 0.1) is 0 Å². The van der Waals surface area contributed by atoms with Gasteiger partial charge >= 0.3 is 0 Å². The molecule has 0 saturated carbocycles. The van der Waals surface area contributed by atoms with E-state index >= 15 is 0 Å². The van der Waals surface area contributed by atoms with E-state index in [0.29, 0.717) is 6.04 Å². The van der Waals surface area contributed by atoms with E-state index in [9.17, 15) is 0 Å². The fraction of sp³-hybridized carbons (Fsp3) is 0.108. The van der Waals surface area contributed by atoms with Gasteiger partial charge in [0, 0.05) is 56.6 Å². The minimum atomic E-state index is -0.236. The van der Waals surface area contributed by atoms with Gasteiger partial charge in [-0.2, -0.15) is 0 Å². The molecule has 3 nitrogen and oxygen atoms in total. The Morgan fingerprint density at radius 1 is 0.441 bits per heavy atom. The highest BCUT2D eigenvalue weighted by Gasteiger charge is 2.50. The van der Waals surface area contributed by atoms with Crippen LogP contribution < -0.4 is 10.2 Å². The van der Waals surface area contributed by atoms with Crippen LogP contribution in [0.1, 0.15) is 43.0 Å². The largest absolute Gasteiger partial charge is 0.310 e. The molecule has 2 heterocycles. The van der Waals surface area contributed by atoms with Gasteiger partial charge in [0.15, 0.2) is 0 Å². The molecule has 68 heavy (non-hydrogen) atoms. The summed E-state index contributed by atoms with van der Waals surface area (Å²) in [5, 5.41) is 14.1. The van der Waals surface area contributed by atoms with Gasteiger partial charge in [0.2, 0.25) is 0 Å². The quantitative estimate of drug-likeness (QED) is 0.133. The number of anilines is 3. The second kappa shape index (κ2) is 13.6. The lowest BCUT2D eigenvalue weighted by Crippen LogP contribution is -2.30. The van der Waals surface area contributed by atoms with E-state index in [2.05, 4.69) is 242 Å². The average molecular weight is 870 g/mol. The summed E-state index contributed by atoms with van der Waals surface area (Å²) < 4.78 is 2.40. The predicted molar refractivity (Wildman–Crippen MR) is 286 cm³/mol. The molecule has 15 rings (SSSR count). The summed E-state index contributed by atoms with van der Waals surface area (Å²) in [6.07, 6.45) is 0. The van der Waals surface area contributed by atoms with Crippen LogP contribution in [0.4, 0.5) is 17.1 Å². The van der Waals surface area contributed by atoms with Crippen molar-refractivity contribution in [2.45, 2.75) is 37.6 Å². The number of benzene rings is 11. The van der Waals surface area contributed by atoms with Gasteiger partial charge in [-0.3, -0.25) is 0 Å². The summed E-state index contributed by atoms with van der Waals surface area (Å²) in [5.74, 6) is 0. The molecule has 0 amide bonds. The van der Waals surface area contributed by atoms with Crippen LogP contribution >= 0.6 is 0 Å². The number of nitrogens with one attached hydrogen (secondary N) is 1. The molecule has 1 aromatic heterocycles. The second-order valence-corrected chi connectivity index (χ2v) is 20.3. The maximum absolute atomic E-state index is 3.81. The molecule has 1 aliphatic heterocycles. The third-order valence-corrected chi connectivity index (χ3v) is 16.4. The lowest BCUT2D eigenvalue weighted by Gasteiger charge is -2.32. The number of hydrogen-bond acceptors (Lipinski definition) is 2. The molecule has 12 aromatic rings. The Bertz CT molecular complexity index is 4080. The monoisotopic (exact) mass is 869 g/mol. The summed E-state index contributed by atoms with van der Waals surface area (Å²) in [6.45, 7) is 8.26. The smallest absolute Gasteiger partial charge is 0.0541 e. The van der Waals surface area contributed by atoms with Gasteiger partial charge in [0.25, 0.3) is 0 Å². The Morgan fingerprint density at radius 3 is 1.82 bits per heavy atom. The predicted octanol–water partition coefficient (Wildman–Crippen LogP) is 16.4. The van der Waals surface area contributed by atoms with E-state index < -0.39 is 0 Å². The van der Waals surface area contributed by atoms with Gasteiger partial charge < -0.3 is 14.8 Å². The van der Waals surface area contributed by atoms with Crippen molar-refractivity contribution in [2.24, 2.45) is 0 Å². The summed E-state index contributed by atoms with van der Waals surface area (Å²) in [4.78, 5) is 2.56. The van der Waals surface area contributed by atoms with Crippen LogP contribution in [0.2, 0.25) is 0 Å². The van der Waals surface area contributed by atoms with Crippen LogP contribution in [0.15, 0.2) is 206 Å². The average Bonchev–Trinajstić information content (AvgIpc) is 4.11. The van der Waals surface area contributed by atoms with Crippen molar-refractivity contribution in [1.29, 1.82) is 0 Å². The molecule has 3 aliphatic rings. The topological polar surface area (TPSA) is 30.1 Å². The first kappa shape index (κ1) is 38.2. The zero-order chi connectivity index (χ0) is 45.0. The van der Waals surface area contributed by atoms with Gasteiger partial charge in [-0.15, -0.1) is 0 Å². The summed E-state index contributed by atoms with van der Waals surface area (Å²) in [6, 6.07) is 78.3. The molecular weight excluding hydrogens is 823 g/mol. The van der Waals surface area contributed by atoms with Gasteiger partial charge in [0.1, 0.15) is 0 Å². The van der Waals surface area contributed by atoms with Crippen molar-refractivity contribution in [2.75, 3.05) is 11.4 Å². The van der Waals surface area contributed by atoms with Crippen molar-refractivity contribution in [3.8, 4) is 39.1 Å². The molecule has 2 unspecified atom stereocenters. The summed E-state index contributed by atoms with van der Waals surface area (Å²) in [5.41, 5.74) is 20.2. The molecule has 1 saturated heterocycles. The highest BCUT2D eigenvalue weighted by molar-refractivity contribution is 6.26. The van der Waals surface area contributed by atoms with Crippen LogP contribution in [-0.2, 0) is 10.8 Å². The Labute approximate surface area is 395 Å². The highest BCUT2D eigenvalue weighted by Crippen LogP contribution is 2.56. The van der Waals surface area contributed by atoms with E-state index in [1.54, 1.807) is 0 Å². The van der Waals surface area contributed by atoms with Gasteiger partial charge in [-0.25, -0.2) is 0 Å². The third-order valence-electron chi connectivity index (χ3n) is 16.4. The zero-order valence-electron chi connectivity index (χ0n) is 38.3. The Kier molecular flexibility index (Phi) is 7.61. The molecular formula is C65H47N3. The van der Waals surface area contributed by atoms with Crippen LogP contribution in [0.5, 0.6) is 0 Å². The Balaban J connectivity index is 0.906. The second-order valence-electron chi connectivity index (χ2n) is 20.3. The normalized spacial score (nSPS) is 17.5. The molecule has 0 bridgehead atoms. The van der Waals surface area contributed by atoms with Gasteiger partial charge in [-0.1, -0.05) is 153 Å². The summed E-state index contributed by atoms with van der Waals surface area (Å²) in [7, 11) is 0. The van der Waals surface area contributed by atoms with Crippen molar-refractivity contribution in [3.63, 3.8) is 0 Å². The van der Waals surface area contributed by atoms with Crippen LogP contribution in [0.3, 0.4) is 0 Å². The SMILES string of the molecule is CC1(C)c2ccccc2-c2ccc(N(c3ccc4c(c3)C(C)(C3CN3)c3cc(-c5ccc6c(c5)c5ccccc5n6-c5ccccc5)ccc3-4)c3ccc4ccc5cccc6ccc3c4c56)cc21. The standard InChI is InChI=1S/C65H47N3/c1-64(2)54-18-9-7-16-47(54)48-30-26-45(36-55(48)64)67(59-32-24-41-21-20-39-12-11-13-40-22-29-52(59)63(41)62(39)40)46-27-31-50-49-28-23-43(35-56(49)65(3,57(50)37-46)61-38-66-61)42-25-33-60-53(34-42)51-17-8-10-19-58(51)68(60)44-14-5-4-6-15-44/h4-37,61,66H,38H2,1-3H3. The first-order chi connectivity index (χ1) is 33.3. The minimum absolute atomic E-state index is 0.132. The number of aromatic nitrogens is 1. The third kappa shape index (κ3) is 5.12. The molecule has 0 radical (unpaired) electrons. The molecule has 2 aliphatic carbocycles. The van der Waals surface area contributed by atoms with Gasteiger partial charge in [0.05, 0.1) is 16.7 Å². The van der Waals surface area contributed by atoms with Crippen LogP contribution in [0.25, 0.3) is 93.2 Å². The van der Waals surface area contributed by atoms with E-state index in [0.717, 1.165) is 6.54 Å². The van der Waals surface area contributed by atoms with E-state index in [-0.39, 0.29) is 10.8 Å². The lowest BCUT2D eigenvalue weighted by atomic mass is 9.76. The molecule has 11 aromatic carbocycles. The first-order valence-corrected chi connectivity index (χ1v) is 24.2. The lowest BCUT2D eigenvalue weighted by molar-refractivity contribution is 0.571. The number of fused-ring (bicyclic) bond motifs is 9. The Hall–Kier alpha value is -7.98. The van der Waals surface area contributed by atoms with Crippen molar-refractivity contribution < 1.29 is 0 Å². The fourth-order valence-corrected chi connectivity index (χ4v) is 12.9. The number of para-hydroxylation sites is 2. The highest BCUT2D eigenvalue weighted by atomic mass is 15.1. The van der Waals surface area contributed by atoms with E-state index in [1.807, 2.05) is 0 Å². The molecule has 3 heteroatoms. The summed E-state index contributed by atoms with van der Waals surface area (Å²) >= 11 is 0. The van der Waals surface area contributed by atoms with Crippen molar-refractivity contribution in [1.82, 2.24) is 9.88 Å². The van der Waals surface area contributed by atoms with E-state index in [4.69, 9.17) is 0 Å². The maximum atomic E-state index is 3.81. The van der Waals surface area contributed by atoms with Crippen molar-refractivity contribution in [3.05, 3.63) is 229 Å². The molecule has 1 fully saturated rings. The van der Waals surface area contributed by atoms with E-state index in [1.165, 1.54) is 133 Å². The zero-order valence-corrected chi connectivity index (χ0v) is 38.3. The molecule has 322 valence electrons. The number of nitrogens with zero attached hydrogens (tertiary/aromatic N) is 2. The molecule has 0 spiro atoms.